The van der Waals surface area contributed by atoms with Crippen LogP contribution in [0.1, 0.15) is 57.1 Å². The summed E-state index contributed by atoms with van der Waals surface area (Å²) in [5.41, 5.74) is 5.51. The van der Waals surface area contributed by atoms with Crippen molar-refractivity contribution in [1.82, 2.24) is 4.90 Å². The lowest BCUT2D eigenvalue weighted by molar-refractivity contribution is 0.290. The van der Waals surface area contributed by atoms with Gasteiger partial charge in [-0.1, -0.05) is 44.2 Å². The first-order chi connectivity index (χ1) is 13.3. The highest BCUT2D eigenvalue weighted by Crippen LogP contribution is 2.30. The number of ether oxygens (including phenoxy) is 1. The zero-order valence-corrected chi connectivity index (χ0v) is 17.2. The molecule has 2 nitrogen and oxygen atoms in total. The summed E-state index contributed by atoms with van der Waals surface area (Å²) in [6.07, 6.45) is 8.59. The Morgan fingerprint density at radius 2 is 1.56 bits per heavy atom. The molecular weight excluding hydrogens is 330 g/mol. The molecule has 0 radical (unpaired) electrons. The Balaban J connectivity index is 1.51. The van der Waals surface area contributed by atoms with Gasteiger partial charge in [-0.2, -0.15) is 0 Å². The van der Waals surface area contributed by atoms with Crippen LogP contribution in [0.4, 0.5) is 0 Å². The van der Waals surface area contributed by atoms with Gasteiger partial charge in [-0.15, -0.1) is 0 Å². The van der Waals surface area contributed by atoms with E-state index in [4.69, 9.17) is 4.74 Å². The van der Waals surface area contributed by atoms with Crippen molar-refractivity contribution in [2.45, 2.75) is 58.8 Å². The number of benzene rings is 2. The van der Waals surface area contributed by atoms with Gasteiger partial charge in [0.1, 0.15) is 5.75 Å². The molecule has 0 atom stereocenters. The fourth-order valence-corrected chi connectivity index (χ4v) is 4.12. The molecule has 0 saturated carbocycles. The van der Waals surface area contributed by atoms with Gasteiger partial charge in [-0.3, -0.25) is 0 Å². The first-order valence-corrected chi connectivity index (χ1v) is 10.9. The molecule has 0 aromatic heterocycles. The van der Waals surface area contributed by atoms with Crippen LogP contribution in [0.2, 0.25) is 0 Å². The van der Waals surface area contributed by atoms with E-state index in [0.717, 1.165) is 31.6 Å². The summed E-state index contributed by atoms with van der Waals surface area (Å²) >= 11 is 0. The van der Waals surface area contributed by atoms with Crippen molar-refractivity contribution in [2.75, 3.05) is 26.2 Å². The van der Waals surface area contributed by atoms with Crippen molar-refractivity contribution >= 4 is 0 Å². The van der Waals surface area contributed by atoms with E-state index in [-0.39, 0.29) is 0 Å². The Bertz CT molecular complexity index is 703. The SMILES string of the molecule is CCc1ccccc1-c1ccc(OCCCCCN2CCCC2)cc1CC. The summed E-state index contributed by atoms with van der Waals surface area (Å²) in [5.74, 6) is 1.02. The zero-order chi connectivity index (χ0) is 18.9. The molecule has 2 aromatic carbocycles. The topological polar surface area (TPSA) is 12.5 Å². The van der Waals surface area contributed by atoms with Crippen molar-refractivity contribution in [2.24, 2.45) is 0 Å². The normalized spacial score (nSPS) is 14.6. The average molecular weight is 366 g/mol. The van der Waals surface area contributed by atoms with E-state index < -0.39 is 0 Å². The van der Waals surface area contributed by atoms with Gasteiger partial charge >= 0.3 is 0 Å². The van der Waals surface area contributed by atoms with Crippen molar-refractivity contribution in [3.05, 3.63) is 53.6 Å². The van der Waals surface area contributed by atoms with Crippen molar-refractivity contribution in [3.63, 3.8) is 0 Å². The van der Waals surface area contributed by atoms with Gasteiger partial charge in [-0.05, 0) is 99.0 Å². The lowest BCUT2D eigenvalue weighted by Gasteiger charge is -2.15. The predicted molar refractivity (Wildman–Crippen MR) is 116 cm³/mol. The van der Waals surface area contributed by atoms with E-state index in [9.17, 15) is 0 Å². The van der Waals surface area contributed by atoms with E-state index in [1.807, 2.05) is 0 Å². The molecule has 0 aliphatic carbocycles. The van der Waals surface area contributed by atoms with E-state index in [1.54, 1.807) is 0 Å². The smallest absolute Gasteiger partial charge is 0.119 e. The van der Waals surface area contributed by atoms with Crippen LogP contribution in [0, 0.1) is 0 Å². The molecule has 0 unspecified atom stereocenters. The number of hydrogen-bond acceptors (Lipinski definition) is 2. The monoisotopic (exact) mass is 365 g/mol. The van der Waals surface area contributed by atoms with Crippen LogP contribution in [0.5, 0.6) is 5.75 Å². The van der Waals surface area contributed by atoms with Crippen LogP contribution in [0.15, 0.2) is 42.5 Å². The first kappa shape index (κ1) is 19.9. The average Bonchev–Trinajstić information content (AvgIpc) is 3.24. The van der Waals surface area contributed by atoms with E-state index >= 15 is 0 Å². The Hall–Kier alpha value is -1.80. The van der Waals surface area contributed by atoms with E-state index in [0.29, 0.717) is 0 Å². The fraction of sp³-hybridized carbons (Fsp3) is 0.520. The van der Waals surface area contributed by atoms with Crippen LogP contribution in [0.25, 0.3) is 11.1 Å². The zero-order valence-electron chi connectivity index (χ0n) is 17.2. The van der Waals surface area contributed by atoms with Gasteiger partial charge in [0.25, 0.3) is 0 Å². The molecule has 1 fully saturated rings. The molecule has 2 aromatic rings. The van der Waals surface area contributed by atoms with Crippen LogP contribution < -0.4 is 4.74 Å². The van der Waals surface area contributed by atoms with Crippen LogP contribution in [-0.2, 0) is 12.8 Å². The van der Waals surface area contributed by atoms with Gasteiger partial charge in [0.05, 0.1) is 6.61 Å². The van der Waals surface area contributed by atoms with Gasteiger partial charge in [0.2, 0.25) is 0 Å². The number of aryl methyl sites for hydroxylation is 2. The third kappa shape index (κ3) is 5.59. The maximum Gasteiger partial charge on any atom is 0.119 e. The molecule has 3 rings (SSSR count). The molecule has 0 amide bonds. The number of rotatable bonds is 10. The van der Waals surface area contributed by atoms with E-state index in [1.165, 1.54) is 67.6 Å². The van der Waals surface area contributed by atoms with Crippen molar-refractivity contribution in [3.8, 4) is 16.9 Å². The Morgan fingerprint density at radius 3 is 2.33 bits per heavy atom. The van der Waals surface area contributed by atoms with Crippen LogP contribution >= 0.6 is 0 Å². The number of unbranched alkanes of at least 4 members (excludes halogenated alkanes) is 2. The van der Waals surface area contributed by atoms with Gasteiger partial charge < -0.3 is 9.64 Å². The second-order valence-corrected chi connectivity index (χ2v) is 7.64. The standard InChI is InChI=1S/C25H35NO/c1-3-21-12-6-7-13-24(21)25-15-14-23(20-22(25)4-2)27-19-11-5-8-16-26-17-9-10-18-26/h6-7,12-15,20H,3-5,8-11,16-19H2,1-2H3. The molecule has 1 aliphatic heterocycles. The van der Waals surface area contributed by atoms with Crippen LogP contribution in [0.3, 0.4) is 0 Å². The Kier molecular flexibility index (Phi) is 7.77. The summed E-state index contributed by atoms with van der Waals surface area (Å²) in [5, 5.41) is 0. The molecular formula is C25H35NO. The molecule has 1 saturated heterocycles. The Morgan fingerprint density at radius 1 is 0.815 bits per heavy atom. The summed E-state index contributed by atoms with van der Waals surface area (Å²) in [7, 11) is 0. The molecule has 27 heavy (non-hydrogen) atoms. The van der Waals surface area contributed by atoms with E-state index in [2.05, 4.69) is 61.2 Å². The highest BCUT2D eigenvalue weighted by atomic mass is 16.5. The molecule has 0 N–H and O–H groups in total. The van der Waals surface area contributed by atoms with Crippen molar-refractivity contribution < 1.29 is 4.74 Å². The summed E-state index contributed by atoms with van der Waals surface area (Å²) in [4.78, 5) is 2.60. The first-order valence-electron chi connectivity index (χ1n) is 10.9. The minimum atomic E-state index is 0.827. The molecule has 1 aliphatic rings. The minimum Gasteiger partial charge on any atom is -0.494 e. The van der Waals surface area contributed by atoms with Crippen LogP contribution in [-0.4, -0.2) is 31.1 Å². The summed E-state index contributed by atoms with van der Waals surface area (Å²) in [6, 6.07) is 15.4. The van der Waals surface area contributed by atoms with Gasteiger partial charge in [-0.25, -0.2) is 0 Å². The molecule has 1 heterocycles. The second-order valence-electron chi connectivity index (χ2n) is 7.64. The van der Waals surface area contributed by atoms with Gasteiger partial charge in [0.15, 0.2) is 0 Å². The second kappa shape index (κ2) is 10.5. The number of hydrogen-bond donors (Lipinski definition) is 0. The summed E-state index contributed by atoms with van der Waals surface area (Å²) in [6.45, 7) is 9.17. The summed E-state index contributed by atoms with van der Waals surface area (Å²) < 4.78 is 6.05. The number of nitrogens with zero attached hydrogens (tertiary/aromatic N) is 1. The number of likely N-dealkylation sites (tertiary alicyclic amines) is 1. The maximum atomic E-state index is 6.05. The lowest BCUT2D eigenvalue weighted by Crippen LogP contribution is -2.20. The minimum absolute atomic E-state index is 0.827. The molecule has 2 heteroatoms. The van der Waals surface area contributed by atoms with Gasteiger partial charge in [0, 0.05) is 0 Å². The quantitative estimate of drug-likeness (QED) is 0.470. The maximum absolute atomic E-state index is 6.05. The fourth-order valence-electron chi connectivity index (χ4n) is 4.12. The Labute approximate surface area is 165 Å². The highest BCUT2D eigenvalue weighted by molar-refractivity contribution is 5.71. The largest absolute Gasteiger partial charge is 0.494 e. The predicted octanol–water partition coefficient (Wildman–Crippen LogP) is 6.12. The molecule has 0 bridgehead atoms. The lowest BCUT2D eigenvalue weighted by atomic mass is 9.93. The molecule has 146 valence electrons. The molecule has 0 spiro atoms. The highest BCUT2D eigenvalue weighted by Gasteiger charge is 2.11. The van der Waals surface area contributed by atoms with Crippen molar-refractivity contribution in [1.29, 1.82) is 0 Å². The third-order valence-electron chi connectivity index (χ3n) is 5.73. The third-order valence-corrected chi connectivity index (χ3v) is 5.73.